The van der Waals surface area contributed by atoms with Crippen LogP contribution in [0.1, 0.15) is 32.4 Å². The number of nitrogens with zero attached hydrogens (tertiary/aromatic N) is 7. The van der Waals surface area contributed by atoms with Crippen LogP contribution >= 0.6 is 27.7 Å². The summed E-state index contributed by atoms with van der Waals surface area (Å²) in [5.74, 6) is 0.733. The zero-order valence-corrected chi connectivity index (χ0v) is 26.2. The largest absolute Gasteiger partial charge is 0.470 e. The number of carbonyl (C=O) groups excluding carboxylic acids is 2. The molecule has 1 fully saturated rings. The molecule has 1 saturated heterocycles. The third kappa shape index (κ3) is 6.56. The zero-order valence-electron chi connectivity index (χ0n) is 23.8. The lowest BCUT2D eigenvalue weighted by molar-refractivity contribution is -0.152. The van der Waals surface area contributed by atoms with Crippen molar-refractivity contribution in [3.05, 3.63) is 28.5 Å². The molecule has 0 saturated carbocycles. The second-order valence-corrected chi connectivity index (χ2v) is 12.2. The molecule has 16 heteroatoms. The van der Waals surface area contributed by atoms with Gasteiger partial charge >= 0.3 is 5.97 Å². The first-order chi connectivity index (χ1) is 20.8. The molecule has 0 radical (unpaired) electrons. The molecule has 7 heterocycles. The number of rotatable bonds is 4. The number of esters is 1. The van der Waals surface area contributed by atoms with E-state index in [1.807, 2.05) is 26.0 Å². The van der Waals surface area contributed by atoms with E-state index in [0.717, 1.165) is 17.4 Å². The minimum absolute atomic E-state index is 0.0182. The summed E-state index contributed by atoms with van der Waals surface area (Å²) in [6, 6.07) is 3.76. The van der Waals surface area contributed by atoms with Crippen LogP contribution < -0.4 is 20.3 Å². The summed E-state index contributed by atoms with van der Waals surface area (Å²) in [6.07, 6.45) is 0.941. The Labute approximate surface area is 260 Å². The molecule has 1 amide bonds. The number of aromatic nitrogens is 4. The third-order valence-electron chi connectivity index (χ3n) is 7.45. The molecule has 14 nitrogen and oxygen atoms in total. The summed E-state index contributed by atoms with van der Waals surface area (Å²) >= 11 is 4.71. The van der Waals surface area contributed by atoms with Gasteiger partial charge in [0, 0.05) is 32.6 Å². The van der Waals surface area contributed by atoms with Crippen molar-refractivity contribution in [2.24, 2.45) is 4.99 Å². The third-order valence-corrected chi connectivity index (χ3v) is 8.76. The number of nitrogens with one attached hydrogen (secondary N) is 2. The van der Waals surface area contributed by atoms with Crippen molar-refractivity contribution in [2.45, 2.75) is 38.3 Å². The molecule has 5 aliphatic rings. The van der Waals surface area contributed by atoms with Crippen LogP contribution in [0, 0.1) is 0 Å². The molecule has 8 rings (SSSR count). The van der Waals surface area contributed by atoms with Crippen molar-refractivity contribution in [1.29, 1.82) is 0 Å². The van der Waals surface area contributed by atoms with E-state index >= 15 is 0 Å². The van der Waals surface area contributed by atoms with Gasteiger partial charge in [0.2, 0.25) is 17.7 Å². The highest BCUT2D eigenvalue weighted by atomic mass is 79.9. The zero-order chi connectivity index (χ0) is 30.0. The number of anilines is 2. The van der Waals surface area contributed by atoms with Crippen molar-refractivity contribution in [3.63, 3.8) is 0 Å². The predicted molar refractivity (Wildman–Crippen MR) is 163 cm³/mol. The van der Waals surface area contributed by atoms with Crippen LogP contribution in [-0.2, 0) is 24.6 Å². The number of hydrogen-bond donors (Lipinski definition) is 2. The fourth-order valence-electron chi connectivity index (χ4n) is 4.96. The van der Waals surface area contributed by atoms with Crippen LogP contribution in [0.5, 0.6) is 5.88 Å². The molecule has 5 aliphatic heterocycles. The lowest BCUT2D eigenvalue weighted by atomic mass is 10.0. The van der Waals surface area contributed by atoms with Gasteiger partial charge in [0.25, 0.3) is 5.88 Å². The first-order valence-electron chi connectivity index (χ1n) is 14.1. The van der Waals surface area contributed by atoms with Gasteiger partial charge in [-0.25, -0.2) is 4.98 Å². The van der Waals surface area contributed by atoms with Gasteiger partial charge in [0.15, 0.2) is 0 Å². The molecular weight excluding hydrogens is 642 g/mol. The molecule has 43 heavy (non-hydrogen) atoms. The monoisotopic (exact) mass is 673 g/mol. The Morgan fingerprint density at radius 2 is 2.00 bits per heavy atom. The number of benzene rings is 1. The maximum absolute atomic E-state index is 13.1. The quantitative estimate of drug-likeness (QED) is 0.390. The SMILES string of the molecule is CC1(C)NC[C@@H](COc2nsnc2N2CCOCC2)OC(=O)CCC(=O)N2CCN=C2Nc2ccc3nc1cnc3c2Br. The normalized spacial score (nSPS) is 21.4. The topological polar surface area (TPSA) is 156 Å². The van der Waals surface area contributed by atoms with E-state index in [9.17, 15) is 9.59 Å². The highest BCUT2D eigenvalue weighted by Crippen LogP contribution is 2.32. The van der Waals surface area contributed by atoms with Gasteiger partial charge in [-0.15, -0.1) is 4.37 Å². The number of carbonyl (C=O) groups is 2. The van der Waals surface area contributed by atoms with Gasteiger partial charge in [-0.1, -0.05) is 0 Å². The highest BCUT2D eigenvalue weighted by molar-refractivity contribution is 9.10. The van der Waals surface area contributed by atoms with Crippen molar-refractivity contribution >= 4 is 68.0 Å². The number of halogens is 1. The molecule has 2 N–H and O–H groups in total. The maximum Gasteiger partial charge on any atom is 0.306 e. The Morgan fingerprint density at radius 3 is 2.84 bits per heavy atom. The van der Waals surface area contributed by atoms with Gasteiger partial charge in [-0.2, -0.15) is 4.37 Å². The number of morpholine rings is 1. The van der Waals surface area contributed by atoms with Gasteiger partial charge in [-0.3, -0.25) is 24.5 Å². The number of aliphatic imine (C=N–C) groups is 1. The predicted octanol–water partition coefficient (Wildman–Crippen LogP) is 2.30. The van der Waals surface area contributed by atoms with Gasteiger partial charge in [-0.05, 0) is 41.9 Å². The summed E-state index contributed by atoms with van der Waals surface area (Å²) in [6.45, 7) is 7.73. The van der Waals surface area contributed by atoms with Gasteiger partial charge in [0.05, 0.1) is 71.0 Å². The Hall–Kier alpha value is -3.47. The van der Waals surface area contributed by atoms with E-state index in [0.29, 0.717) is 78.2 Å². The van der Waals surface area contributed by atoms with E-state index in [1.54, 1.807) is 11.1 Å². The Balaban J connectivity index is 1.26. The summed E-state index contributed by atoms with van der Waals surface area (Å²) in [5, 5.41) is 6.70. The van der Waals surface area contributed by atoms with E-state index in [-0.39, 0.29) is 31.9 Å². The number of amides is 1. The van der Waals surface area contributed by atoms with E-state index in [2.05, 4.69) is 45.2 Å². The molecule has 0 spiro atoms. The fraction of sp³-hybridized carbons (Fsp3) is 0.519. The molecule has 2 aromatic heterocycles. The number of hydrogen-bond acceptors (Lipinski definition) is 14. The average Bonchev–Trinajstić information content (AvgIpc) is 3.68. The summed E-state index contributed by atoms with van der Waals surface area (Å²) in [7, 11) is 0. The molecule has 0 unspecified atom stereocenters. The van der Waals surface area contributed by atoms with Crippen molar-refractivity contribution in [1.82, 2.24) is 28.9 Å². The lowest BCUT2D eigenvalue weighted by Gasteiger charge is -2.29. The van der Waals surface area contributed by atoms with E-state index in [4.69, 9.17) is 24.2 Å². The van der Waals surface area contributed by atoms with Crippen LogP contribution in [0.15, 0.2) is 27.8 Å². The number of ether oxygens (including phenoxy) is 3. The van der Waals surface area contributed by atoms with Crippen molar-refractivity contribution in [2.75, 3.05) is 62.8 Å². The fourth-order valence-corrected chi connectivity index (χ4v) is 6.01. The van der Waals surface area contributed by atoms with Crippen LogP contribution in [-0.4, -0.2) is 100 Å². The van der Waals surface area contributed by atoms with E-state index in [1.165, 1.54) is 0 Å². The maximum atomic E-state index is 13.1. The Bertz CT molecular complexity index is 1540. The Morgan fingerprint density at radius 1 is 1.16 bits per heavy atom. The van der Waals surface area contributed by atoms with Crippen LogP contribution in [0.3, 0.4) is 0 Å². The highest BCUT2D eigenvalue weighted by Gasteiger charge is 2.29. The van der Waals surface area contributed by atoms with Gasteiger partial charge in [0.1, 0.15) is 18.2 Å². The minimum Gasteiger partial charge on any atom is -0.470 e. The first-order valence-corrected chi connectivity index (χ1v) is 15.6. The molecule has 4 bridgehead atoms. The number of fused-ring (bicyclic) bond motifs is 2. The summed E-state index contributed by atoms with van der Waals surface area (Å²) in [5.41, 5.74) is 2.17. The second-order valence-electron chi connectivity index (χ2n) is 10.8. The average molecular weight is 675 g/mol. The first kappa shape index (κ1) is 29.6. The summed E-state index contributed by atoms with van der Waals surface area (Å²) < 4.78 is 26.8. The van der Waals surface area contributed by atoms with Crippen molar-refractivity contribution < 1.29 is 23.8 Å². The summed E-state index contributed by atoms with van der Waals surface area (Å²) in [4.78, 5) is 43.8. The molecule has 1 aromatic carbocycles. The second kappa shape index (κ2) is 12.6. The molecule has 3 aromatic rings. The Kier molecular flexibility index (Phi) is 8.70. The minimum atomic E-state index is -0.685. The molecule has 1 atom stereocenters. The van der Waals surface area contributed by atoms with Crippen LogP contribution in [0.25, 0.3) is 11.0 Å². The standard InChI is InChI=1S/C27H32BrN9O5S/c1-27(2)19-14-30-23-18(32-19)4-3-17(22(23)28)33-26-29-7-8-37(26)20(38)5-6-21(39)42-16(13-31-27)15-41-25-24(34-43-35-25)36-9-11-40-12-10-36/h3-4,14,16,31H,5-13,15H2,1-2H3,(H,29,33)/t16-/m0/s1. The van der Waals surface area contributed by atoms with Crippen LogP contribution in [0.2, 0.25) is 0 Å². The number of guanidine groups is 1. The molecular formula is C27H32BrN9O5S. The smallest absolute Gasteiger partial charge is 0.306 e. The molecule has 0 aliphatic carbocycles. The van der Waals surface area contributed by atoms with Gasteiger partial charge < -0.3 is 29.7 Å². The molecule has 228 valence electrons. The van der Waals surface area contributed by atoms with Crippen molar-refractivity contribution in [3.8, 4) is 5.88 Å². The van der Waals surface area contributed by atoms with E-state index < -0.39 is 17.6 Å². The lowest BCUT2D eigenvalue weighted by Crippen LogP contribution is -2.45. The van der Waals surface area contributed by atoms with Crippen LogP contribution in [0.4, 0.5) is 11.5 Å².